The Bertz CT molecular complexity index is 1380. The molecule has 6 rings (SSSR count). The number of nitro benzene ring substituents is 2. The van der Waals surface area contributed by atoms with Crippen LogP contribution in [0.5, 0.6) is 23.0 Å². The Hall–Kier alpha value is -4.72. The lowest BCUT2D eigenvalue weighted by Crippen LogP contribution is -1.95. The van der Waals surface area contributed by atoms with Gasteiger partial charge in [0.15, 0.2) is 0 Å². The largest absolute Gasteiger partial charge is 0.457 e. The molecule has 0 fully saturated rings. The van der Waals surface area contributed by atoms with Crippen molar-refractivity contribution in [3.8, 4) is 45.3 Å². The van der Waals surface area contributed by atoms with E-state index in [-0.39, 0.29) is 17.1 Å². The van der Waals surface area contributed by atoms with Crippen LogP contribution in [0.2, 0.25) is 0 Å². The summed E-state index contributed by atoms with van der Waals surface area (Å²) >= 11 is 0. The van der Waals surface area contributed by atoms with E-state index in [0.717, 1.165) is 0 Å². The molecule has 32 heavy (non-hydrogen) atoms. The van der Waals surface area contributed by atoms with Crippen LogP contribution in [0.15, 0.2) is 84.9 Å². The summed E-state index contributed by atoms with van der Waals surface area (Å²) in [6, 6.07) is 23.0. The van der Waals surface area contributed by atoms with Crippen molar-refractivity contribution in [2.45, 2.75) is 0 Å². The smallest absolute Gasteiger partial charge is 0.311 e. The van der Waals surface area contributed by atoms with Crippen molar-refractivity contribution < 1.29 is 19.3 Å². The van der Waals surface area contributed by atoms with E-state index in [4.69, 9.17) is 9.47 Å². The van der Waals surface area contributed by atoms with Crippen LogP contribution in [0.4, 0.5) is 11.4 Å². The molecule has 0 N–H and O–H groups in total. The van der Waals surface area contributed by atoms with Gasteiger partial charge in [-0.3, -0.25) is 20.2 Å². The number of hydrogen-bond donors (Lipinski definition) is 0. The Labute approximate surface area is 181 Å². The van der Waals surface area contributed by atoms with Crippen LogP contribution in [0.25, 0.3) is 22.3 Å². The Morgan fingerprint density at radius 3 is 2.09 bits per heavy atom. The highest BCUT2D eigenvalue weighted by molar-refractivity contribution is 5.84. The zero-order valence-corrected chi connectivity index (χ0v) is 16.4. The maximum Gasteiger partial charge on any atom is 0.311 e. The van der Waals surface area contributed by atoms with Crippen molar-refractivity contribution >= 4 is 11.4 Å². The molecule has 2 aliphatic heterocycles. The molecule has 6 bridgehead atoms. The van der Waals surface area contributed by atoms with Crippen molar-refractivity contribution in [2.24, 2.45) is 0 Å². The fourth-order valence-corrected chi connectivity index (χ4v) is 3.63. The molecule has 0 radical (unpaired) electrons. The van der Waals surface area contributed by atoms with E-state index in [1.807, 2.05) is 6.07 Å². The summed E-state index contributed by atoms with van der Waals surface area (Å²) in [5, 5.41) is 23.3. The first-order valence-corrected chi connectivity index (χ1v) is 9.62. The predicted molar refractivity (Wildman–Crippen MR) is 117 cm³/mol. The SMILES string of the molecule is O=[N+]([O-])c1ccc2cc1Oc1ccc(c(Oc3ccccc3)c1)-c1cc-2ccc1[N+](=O)[O-]. The van der Waals surface area contributed by atoms with E-state index < -0.39 is 9.85 Å². The van der Waals surface area contributed by atoms with Gasteiger partial charge in [0.05, 0.1) is 15.4 Å². The van der Waals surface area contributed by atoms with Gasteiger partial charge < -0.3 is 9.47 Å². The summed E-state index contributed by atoms with van der Waals surface area (Å²) in [6.45, 7) is 0. The van der Waals surface area contributed by atoms with Gasteiger partial charge in [-0.25, -0.2) is 0 Å². The van der Waals surface area contributed by atoms with Gasteiger partial charge in [0.2, 0.25) is 5.75 Å². The van der Waals surface area contributed by atoms with Gasteiger partial charge in [0.25, 0.3) is 5.69 Å². The second kappa shape index (κ2) is 7.51. The average Bonchev–Trinajstić information content (AvgIpc) is 2.81. The van der Waals surface area contributed by atoms with Gasteiger partial charge in [-0.05, 0) is 59.7 Å². The second-order valence-electron chi connectivity index (χ2n) is 7.10. The Balaban J connectivity index is 1.79. The van der Waals surface area contributed by atoms with Crippen molar-refractivity contribution in [3.05, 3.63) is 105 Å². The summed E-state index contributed by atoms with van der Waals surface area (Å²) in [5.41, 5.74) is 1.88. The number of ether oxygens (including phenoxy) is 2. The highest BCUT2D eigenvalue weighted by Crippen LogP contribution is 2.45. The van der Waals surface area contributed by atoms with E-state index in [1.165, 1.54) is 12.1 Å². The van der Waals surface area contributed by atoms with Crippen molar-refractivity contribution in [1.29, 1.82) is 0 Å². The molecule has 0 spiro atoms. The fourth-order valence-electron chi connectivity index (χ4n) is 3.63. The van der Waals surface area contributed by atoms with Gasteiger partial charge in [-0.2, -0.15) is 0 Å². The third-order valence-electron chi connectivity index (χ3n) is 5.13. The molecule has 0 saturated carbocycles. The van der Waals surface area contributed by atoms with Crippen molar-refractivity contribution in [1.82, 2.24) is 0 Å². The van der Waals surface area contributed by atoms with Crippen LogP contribution in [0, 0.1) is 20.2 Å². The summed E-state index contributed by atoms with van der Waals surface area (Å²) in [5.74, 6) is 1.23. The van der Waals surface area contributed by atoms with Gasteiger partial charge >= 0.3 is 5.69 Å². The number of para-hydroxylation sites is 1. The minimum Gasteiger partial charge on any atom is -0.457 e. The van der Waals surface area contributed by atoms with Crippen LogP contribution in [-0.4, -0.2) is 9.85 Å². The molecular formula is C24H14N2O6. The lowest BCUT2D eigenvalue weighted by atomic mass is 9.96. The van der Waals surface area contributed by atoms with Crippen LogP contribution in [0.1, 0.15) is 0 Å². The average molecular weight is 426 g/mol. The molecule has 0 amide bonds. The second-order valence-corrected chi connectivity index (χ2v) is 7.10. The molecule has 0 aliphatic carbocycles. The van der Waals surface area contributed by atoms with Gasteiger partial charge in [0.1, 0.15) is 17.2 Å². The lowest BCUT2D eigenvalue weighted by molar-refractivity contribution is -0.385. The first kappa shape index (κ1) is 19.3. The fraction of sp³-hybridized carbons (Fsp3) is 0. The van der Waals surface area contributed by atoms with Crippen molar-refractivity contribution in [3.63, 3.8) is 0 Å². The van der Waals surface area contributed by atoms with E-state index >= 15 is 0 Å². The molecule has 4 aromatic rings. The summed E-state index contributed by atoms with van der Waals surface area (Å²) in [7, 11) is 0. The summed E-state index contributed by atoms with van der Waals surface area (Å²) < 4.78 is 11.9. The van der Waals surface area contributed by atoms with E-state index in [0.29, 0.717) is 39.5 Å². The Kier molecular flexibility index (Phi) is 4.52. The topological polar surface area (TPSA) is 105 Å². The number of hydrogen-bond acceptors (Lipinski definition) is 6. The van der Waals surface area contributed by atoms with E-state index in [2.05, 4.69) is 0 Å². The number of nitro groups is 2. The summed E-state index contributed by atoms with van der Waals surface area (Å²) in [4.78, 5) is 22.3. The van der Waals surface area contributed by atoms with Crippen LogP contribution in [-0.2, 0) is 0 Å². The minimum absolute atomic E-state index is 0.0627. The molecule has 0 saturated heterocycles. The van der Waals surface area contributed by atoms with Crippen LogP contribution >= 0.6 is 0 Å². The summed E-state index contributed by atoms with van der Waals surface area (Å²) in [6.07, 6.45) is 0. The Morgan fingerprint density at radius 2 is 1.38 bits per heavy atom. The number of fused-ring (bicyclic) bond motifs is 2. The van der Waals surface area contributed by atoms with E-state index in [1.54, 1.807) is 66.7 Å². The molecule has 2 aliphatic rings. The molecule has 8 nitrogen and oxygen atoms in total. The van der Waals surface area contributed by atoms with Crippen LogP contribution in [0.3, 0.4) is 0 Å². The molecule has 0 aromatic heterocycles. The van der Waals surface area contributed by atoms with Gasteiger partial charge in [0, 0.05) is 23.8 Å². The number of benzene rings is 4. The third-order valence-corrected chi connectivity index (χ3v) is 5.13. The maximum absolute atomic E-state index is 11.8. The molecule has 0 atom stereocenters. The first-order chi connectivity index (χ1) is 15.5. The predicted octanol–water partition coefficient (Wildman–Crippen LogP) is 6.74. The van der Waals surface area contributed by atoms with Crippen molar-refractivity contribution in [2.75, 3.05) is 0 Å². The van der Waals surface area contributed by atoms with E-state index in [9.17, 15) is 20.2 Å². The quantitative estimate of drug-likeness (QED) is 0.233. The minimum atomic E-state index is -0.518. The molecule has 2 heterocycles. The lowest BCUT2D eigenvalue weighted by Gasteiger charge is -2.14. The first-order valence-electron chi connectivity index (χ1n) is 9.62. The van der Waals surface area contributed by atoms with Gasteiger partial charge in [-0.15, -0.1) is 0 Å². The zero-order chi connectivity index (χ0) is 22.2. The Morgan fingerprint density at radius 1 is 0.688 bits per heavy atom. The molecule has 156 valence electrons. The normalized spacial score (nSPS) is 11.2. The molecule has 0 unspecified atom stereocenters. The third kappa shape index (κ3) is 3.39. The standard InChI is InChI=1S/C24H14N2O6/c27-25(28)21-10-6-15-12-20(21)19-9-8-18(14-23(19)31-17-4-2-1-3-5-17)32-24-13-16(15)7-11-22(24)26(29)30/h1-14H. The molecule has 8 heteroatoms. The molecular weight excluding hydrogens is 412 g/mol. The monoisotopic (exact) mass is 426 g/mol. The number of nitrogens with zero attached hydrogens (tertiary/aromatic N) is 2. The zero-order valence-electron chi connectivity index (χ0n) is 16.4. The van der Waals surface area contributed by atoms with Gasteiger partial charge in [-0.1, -0.05) is 18.2 Å². The highest BCUT2D eigenvalue weighted by Gasteiger charge is 2.24. The highest BCUT2D eigenvalue weighted by atomic mass is 16.6. The maximum atomic E-state index is 11.8. The van der Waals surface area contributed by atoms with Crippen LogP contribution < -0.4 is 9.47 Å². The molecule has 4 aromatic carbocycles. The number of rotatable bonds is 4.